The van der Waals surface area contributed by atoms with E-state index in [2.05, 4.69) is 5.32 Å². The Hall–Kier alpha value is -3.27. The van der Waals surface area contributed by atoms with E-state index >= 15 is 0 Å². The number of rotatable bonds is 7. The first kappa shape index (κ1) is 21.0. The van der Waals surface area contributed by atoms with E-state index in [9.17, 15) is 28.1 Å². The number of ether oxygens (including phenoxy) is 1. The Morgan fingerprint density at radius 2 is 1.75 bits per heavy atom. The Bertz CT molecular complexity index is 1000. The van der Waals surface area contributed by atoms with Crippen molar-refractivity contribution in [3.63, 3.8) is 0 Å². The van der Waals surface area contributed by atoms with Crippen molar-refractivity contribution in [2.75, 3.05) is 11.6 Å². The topological polar surface area (TPSA) is 133 Å². The molecule has 2 aromatic carbocycles. The number of hydrogen-bond acceptors (Lipinski definition) is 7. The summed E-state index contributed by atoms with van der Waals surface area (Å²) in [6.07, 6.45) is -0.102. The third-order valence-corrected chi connectivity index (χ3v) is 4.49. The molecule has 2 aromatic rings. The molecule has 9 nitrogen and oxygen atoms in total. The standard InChI is InChI=1S/C18H18N2O7S/c1-12(17(21)19-15-5-3-4-6-16(15)20(23)24)27-18(22)14-9-7-13(8-10-14)11-28(2,25)26/h3-10,12H,11H2,1-2H3,(H,19,21)/t12-/m0/s1. The van der Waals surface area contributed by atoms with Crippen molar-refractivity contribution in [1.82, 2.24) is 0 Å². The van der Waals surface area contributed by atoms with Crippen molar-refractivity contribution in [2.24, 2.45) is 0 Å². The summed E-state index contributed by atoms with van der Waals surface area (Å²) in [5.74, 6) is -1.66. The Kier molecular flexibility index (Phi) is 6.47. The highest BCUT2D eigenvalue weighted by Crippen LogP contribution is 2.23. The SMILES string of the molecule is C[C@H](OC(=O)c1ccc(CS(C)(=O)=O)cc1)C(=O)Nc1ccccc1[N+](=O)[O-]. The third kappa shape index (κ3) is 5.88. The highest BCUT2D eigenvalue weighted by Gasteiger charge is 2.22. The Morgan fingerprint density at radius 3 is 2.32 bits per heavy atom. The number of para-hydroxylation sites is 2. The minimum atomic E-state index is -3.20. The number of nitrogens with zero attached hydrogens (tertiary/aromatic N) is 1. The van der Waals surface area contributed by atoms with E-state index in [1.165, 1.54) is 55.5 Å². The number of amides is 1. The molecule has 0 aliphatic carbocycles. The molecule has 0 saturated carbocycles. The average molecular weight is 406 g/mol. The van der Waals surface area contributed by atoms with Crippen LogP contribution in [0.25, 0.3) is 0 Å². The van der Waals surface area contributed by atoms with Gasteiger partial charge in [-0.25, -0.2) is 13.2 Å². The Labute approximate surface area is 161 Å². The lowest BCUT2D eigenvalue weighted by atomic mass is 10.1. The molecule has 10 heteroatoms. The van der Waals surface area contributed by atoms with Crippen LogP contribution < -0.4 is 5.32 Å². The quantitative estimate of drug-likeness (QED) is 0.424. The normalized spacial score (nSPS) is 12.1. The van der Waals surface area contributed by atoms with Gasteiger partial charge in [0.1, 0.15) is 5.69 Å². The number of nitro groups is 1. The minimum absolute atomic E-state index is 0.00877. The van der Waals surface area contributed by atoms with Gasteiger partial charge in [-0.3, -0.25) is 14.9 Å². The molecule has 0 fully saturated rings. The minimum Gasteiger partial charge on any atom is -0.449 e. The van der Waals surface area contributed by atoms with E-state index < -0.39 is 32.7 Å². The van der Waals surface area contributed by atoms with Crippen molar-refractivity contribution in [3.05, 3.63) is 69.8 Å². The first-order valence-corrected chi connectivity index (χ1v) is 10.1. The summed E-state index contributed by atoms with van der Waals surface area (Å²) in [6.45, 7) is 1.33. The molecule has 0 spiro atoms. The van der Waals surface area contributed by atoms with Gasteiger partial charge in [0.2, 0.25) is 0 Å². The molecule has 1 atom stereocenters. The molecular weight excluding hydrogens is 388 g/mol. The summed E-state index contributed by atoms with van der Waals surface area (Å²) in [6, 6.07) is 11.4. The molecule has 0 heterocycles. The fraction of sp³-hybridized carbons (Fsp3) is 0.222. The number of benzene rings is 2. The van der Waals surface area contributed by atoms with Crippen LogP contribution in [0.4, 0.5) is 11.4 Å². The van der Waals surface area contributed by atoms with Crippen LogP contribution in [0.3, 0.4) is 0 Å². The van der Waals surface area contributed by atoms with Crippen LogP contribution in [0.5, 0.6) is 0 Å². The van der Waals surface area contributed by atoms with Crippen LogP contribution >= 0.6 is 0 Å². The summed E-state index contributed by atoms with van der Waals surface area (Å²) >= 11 is 0. The monoisotopic (exact) mass is 406 g/mol. The molecule has 148 valence electrons. The van der Waals surface area contributed by atoms with Gasteiger partial charge in [0, 0.05) is 12.3 Å². The summed E-state index contributed by atoms with van der Waals surface area (Å²) < 4.78 is 27.6. The summed E-state index contributed by atoms with van der Waals surface area (Å²) in [4.78, 5) is 34.7. The molecule has 1 amide bonds. The maximum Gasteiger partial charge on any atom is 0.338 e. The molecule has 2 rings (SSSR count). The van der Waals surface area contributed by atoms with Gasteiger partial charge in [-0.05, 0) is 30.7 Å². The Balaban J connectivity index is 2.02. The van der Waals surface area contributed by atoms with Gasteiger partial charge in [-0.2, -0.15) is 0 Å². The summed E-state index contributed by atoms with van der Waals surface area (Å²) in [5, 5.41) is 13.3. The number of nitrogens with one attached hydrogen (secondary N) is 1. The molecule has 0 aromatic heterocycles. The van der Waals surface area contributed by atoms with Crippen molar-refractivity contribution < 1.29 is 27.7 Å². The lowest BCUT2D eigenvalue weighted by Crippen LogP contribution is -2.30. The van der Waals surface area contributed by atoms with E-state index in [1.54, 1.807) is 0 Å². The van der Waals surface area contributed by atoms with E-state index in [4.69, 9.17) is 4.74 Å². The molecule has 0 saturated heterocycles. The number of nitro benzene ring substituents is 1. The smallest absolute Gasteiger partial charge is 0.338 e. The van der Waals surface area contributed by atoms with Gasteiger partial charge in [0.05, 0.1) is 16.2 Å². The highest BCUT2D eigenvalue weighted by atomic mass is 32.2. The maximum atomic E-state index is 12.2. The van der Waals surface area contributed by atoms with Crippen LogP contribution in [-0.4, -0.2) is 37.6 Å². The van der Waals surface area contributed by atoms with Crippen LogP contribution in [0.2, 0.25) is 0 Å². The molecule has 0 bridgehead atoms. The maximum absolute atomic E-state index is 12.2. The second kappa shape index (κ2) is 8.61. The number of carbonyl (C=O) groups is 2. The zero-order valence-electron chi connectivity index (χ0n) is 15.1. The predicted molar refractivity (Wildman–Crippen MR) is 102 cm³/mol. The van der Waals surface area contributed by atoms with Gasteiger partial charge in [-0.15, -0.1) is 0 Å². The van der Waals surface area contributed by atoms with E-state index in [-0.39, 0.29) is 22.7 Å². The number of esters is 1. The molecule has 0 radical (unpaired) electrons. The number of anilines is 1. The fourth-order valence-corrected chi connectivity index (χ4v) is 3.09. The molecule has 0 unspecified atom stereocenters. The first-order chi connectivity index (χ1) is 13.1. The van der Waals surface area contributed by atoms with Crippen LogP contribution in [-0.2, 0) is 25.1 Å². The van der Waals surface area contributed by atoms with Crippen LogP contribution in [0.15, 0.2) is 48.5 Å². The molecule has 28 heavy (non-hydrogen) atoms. The summed E-state index contributed by atoms with van der Waals surface area (Å²) in [5.41, 5.74) is 0.366. The lowest BCUT2D eigenvalue weighted by molar-refractivity contribution is -0.383. The zero-order valence-corrected chi connectivity index (χ0v) is 15.9. The molecule has 0 aliphatic heterocycles. The van der Waals surface area contributed by atoms with Gasteiger partial charge in [0.15, 0.2) is 15.9 Å². The van der Waals surface area contributed by atoms with Crippen molar-refractivity contribution >= 4 is 33.1 Å². The average Bonchev–Trinajstić information content (AvgIpc) is 2.61. The lowest BCUT2D eigenvalue weighted by Gasteiger charge is -2.13. The van der Waals surface area contributed by atoms with Crippen LogP contribution in [0.1, 0.15) is 22.8 Å². The van der Waals surface area contributed by atoms with Crippen molar-refractivity contribution in [1.29, 1.82) is 0 Å². The van der Waals surface area contributed by atoms with E-state index in [0.29, 0.717) is 5.56 Å². The third-order valence-electron chi connectivity index (χ3n) is 3.63. The summed E-state index contributed by atoms with van der Waals surface area (Å²) in [7, 11) is -3.20. The van der Waals surface area contributed by atoms with Gasteiger partial charge in [0.25, 0.3) is 11.6 Å². The second-order valence-electron chi connectivity index (χ2n) is 6.08. The largest absolute Gasteiger partial charge is 0.449 e. The van der Waals surface area contributed by atoms with Crippen molar-refractivity contribution in [2.45, 2.75) is 18.8 Å². The zero-order chi connectivity index (χ0) is 20.9. The Morgan fingerprint density at radius 1 is 1.14 bits per heavy atom. The van der Waals surface area contributed by atoms with Crippen LogP contribution in [0, 0.1) is 10.1 Å². The van der Waals surface area contributed by atoms with E-state index in [1.807, 2.05) is 0 Å². The number of carbonyl (C=O) groups excluding carboxylic acids is 2. The highest BCUT2D eigenvalue weighted by molar-refractivity contribution is 7.89. The van der Waals surface area contributed by atoms with Gasteiger partial charge >= 0.3 is 5.97 Å². The first-order valence-electron chi connectivity index (χ1n) is 8.09. The molecular formula is C18H18N2O7S. The molecule has 1 N–H and O–H groups in total. The number of sulfone groups is 1. The van der Waals surface area contributed by atoms with Crippen molar-refractivity contribution in [3.8, 4) is 0 Å². The predicted octanol–water partition coefficient (Wildman–Crippen LogP) is 2.32. The van der Waals surface area contributed by atoms with Gasteiger partial charge < -0.3 is 10.1 Å². The van der Waals surface area contributed by atoms with Gasteiger partial charge in [-0.1, -0.05) is 24.3 Å². The van der Waals surface area contributed by atoms with E-state index in [0.717, 1.165) is 6.26 Å². The molecule has 0 aliphatic rings. The number of hydrogen-bond donors (Lipinski definition) is 1. The fourth-order valence-electron chi connectivity index (χ4n) is 2.29. The second-order valence-corrected chi connectivity index (χ2v) is 8.22.